The van der Waals surface area contributed by atoms with Crippen LogP contribution >= 0.6 is 11.8 Å². The first-order valence-corrected chi connectivity index (χ1v) is 9.35. The van der Waals surface area contributed by atoms with Gasteiger partial charge in [-0.1, -0.05) is 72.4 Å². The van der Waals surface area contributed by atoms with Crippen LogP contribution in [0.15, 0.2) is 83.8 Å². The molecular weight excluding hydrogens is 324 g/mol. The molecule has 3 heteroatoms. The van der Waals surface area contributed by atoms with Gasteiger partial charge in [-0.15, -0.1) is 0 Å². The molecule has 3 aromatic carbocycles. The van der Waals surface area contributed by atoms with Gasteiger partial charge in [0.25, 0.3) is 0 Å². The van der Waals surface area contributed by atoms with Crippen molar-refractivity contribution in [3.05, 3.63) is 84.6 Å². The van der Waals surface area contributed by atoms with Gasteiger partial charge in [0.05, 0.1) is 11.4 Å². The summed E-state index contributed by atoms with van der Waals surface area (Å²) in [7, 11) is 2.18. The number of hydrogen-bond acceptors (Lipinski definition) is 2. The topological polar surface area (TPSA) is 19.0 Å². The molecule has 0 aliphatic carbocycles. The van der Waals surface area contributed by atoms with Crippen LogP contribution in [0.4, 0.5) is 5.69 Å². The van der Waals surface area contributed by atoms with Gasteiger partial charge in [0.15, 0.2) is 0 Å². The van der Waals surface area contributed by atoms with E-state index in [1.807, 2.05) is 11.8 Å². The number of hydrogen-bond donors (Lipinski definition) is 1. The summed E-state index contributed by atoms with van der Waals surface area (Å²) < 4.78 is 0. The van der Waals surface area contributed by atoms with E-state index in [2.05, 4.69) is 95.8 Å². The maximum atomic E-state index is 3.71. The molecule has 2 heterocycles. The lowest BCUT2D eigenvalue weighted by molar-refractivity contribution is 0.890. The monoisotopic (exact) mass is 342 g/mol. The summed E-state index contributed by atoms with van der Waals surface area (Å²) in [5, 5.41) is 1.54. The van der Waals surface area contributed by atoms with Gasteiger partial charge in [-0.2, -0.15) is 0 Å². The molecule has 0 saturated carbocycles. The van der Waals surface area contributed by atoms with Crippen molar-refractivity contribution in [3.8, 4) is 11.1 Å². The summed E-state index contributed by atoms with van der Waals surface area (Å²) in [4.78, 5) is 7.42. The molecule has 122 valence electrons. The average Bonchev–Trinajstić information content (AvgIpc) is 3.21. The molecule has 4 aromatic rings. The highest BCUT2D eigenvalue weighted by molar-refractivity contribution is 8.00. The summed E-state index contributed by atoms with van der Waals surface area (Å²) in [5.74, 6) is 0. The van der Waals surface area contributed by atoms with Crippen molar-refractivity contribution in [2.45, 2.75) is 10.3 Å². The van der Waals surface area contributed by atoms with E-state index >= 15 is 0 Å². The fourth-order valence-electron chi connectivity index (χ4n) is 3.69. The lowest BCUT2D eigenvalue weighted by atomic mass is 10.0. The average molecular weight is 342 g/mol. The number of aromatic nitrogens is 1. The molecule has 1 unspecified atom stereocenters. The molecule has 1 aliphatic rings. The van der Waals surface area contributed by atoms with Gasteiger partial charge < -0.3 is 9.88 Å². The number of fused-ring (bicyclic) bond motifs is 2. The molecule has 0 amide bonds. The lowest BCUT2D eigenvalue weighted by Crippen LogP contribution is -2.18. The van der Waals surface area contributed by atoms with Crippen LogP contribution < -0.4 is 4.90 Å². The molecule has 0 bridgehead atoms. The minimum Gasteiger partial charge on any atom is -0.356 e. The van der Waals surface area contributed by atoms with Crippen LogP contribution in [-0.2, 0) is 0 Å². The normalized spacial score (nSPS) is 16.4. The number of benzene rings is 3. The first kappa shape index (κ1) is 14.7. The van der Waals surface area contributed by atoms with Crippen LogP contribution in [0, 0.1) is 0 Å². The summed E-state index contributed by atoms with van der Waals surface area (Å²) in [6.45, 7) is 0. The Labute approximate surface area is 151 Å². The first-order valence-electron chi connectivity index (χ1n) is 8.47. The number of aromatic amines is 1. The number of thioether (sulfide) groups is 1. The van der Waals surface area contributed by atoms with E-state index in [1.165, 1.54) is 38.3 Å². The van der Waals surface area contributed by atoms with Gasteiger partial charge in [0.2, 0.25) is 0 Å². The highest BCUT2D eigenvalue weighted by atomic mass is 32.2. The molecule has 0 radical (unpaired) electrons. The molecule has 1 aromatic heterocycles. The third kappa shape index (κ3) is 2.27. The van der Waals surface area contributed by atoms with E-state index in [9.17, 15) is 0 Å². The highest BCUT2D eigenvalue weighted by Gasteiger charge is 2.32. The Hall–Kier alpha value is -2.65. The van der Waals surface area contributed by atoms with E-state index in [1.54, 1.807) is 0 Å². The van der Waals surface area contributed by atoms with Crippen molar-refractivity contribution in [1.29, 1.82) is 0 Å². The number of nitrogens with zero attached hydrogens (tertiary/aromatic N) is 1. The second kappa shape index (κ2) is 5.71. The maximum absolute atomic E-state index is 3.71. The predicted octanol–water partition coefficient (Wildman–Crippen LogP) is 6.08. The van der Waals surface area contributed by atoms with E-state index < -0.39 is 0 Å². The van der Waals surface area contributed by atoms with Crippen molar-refractivity contribution in [1.82, 2.24) is 4.98 Å². The van der Waals surface area contributed by atoms with Crippen LogP contribution in [0.25, 0.3) is 22.0 Å². The maximum Gasteiger partial charge on any atom is 0.121 e. The number of H-pyrrole nitrogens is 1. The zero-order valence-electron chi connectivity index (χ0n) is 13.9. The van der Waals surface area contributed by atoms with E-state index in [0.29, 0.717) is 0 Å². The molecule has 25 heavy (non-hydrogen) atoms. The molecule has 0 saturated heterocycles. The molecule has 2 nitrogen and oxygen atoms in total. The fourth-order valence-corrected chi connectivity index (χ4v) is 4.99. The zero-order chi connectivity index (χ0) is 16.8. The Balaban J connectivity index is 1.73. The summed E-state index contributed by atoms with van der Waals surface area (Å²) in [6, 6.07) is 27.9. The Bertz CT molecular complexity index is 1050. The van der Waals surface area contributed by atoms with E-state index in [0.717, 1.165) is 0 Å². The van der Waals surface area contributed by atoms with Crippen LogP contribution in [-0.4, -0.2) is 12.0 Å². The number of nitrogens with one attached hydrogen (secondary N) is 1. The number of rotatable bonds is 2. The quantitative estimate of drug-likeness (QED) is 0.476. The van der Waals surface area contributed by atoms with Gasteiger partial charge in [-0.3, -0.25) is 0 Å². The molecule has 0 spiro atoms. The van der Waals surface area contributed by atoms with Gasteiger partial charge in [0, 0.05) is 28.4 Å². The largest absolute Gasteiger partial charge is 0.356 e. The molecule has 1 atom stereocenters. The van der Waals surface area contributed by atoms with Crippen molar-refractivity contribution < 1.29 is 0 Å². The Morgan fingerprint density at radius 2 is 1.56 bits per heavy atom. The first-order chi connectivity index (χ1) is 12.3. The summed E-state index contributed by atoms with van der Waals surface area (Å²) in [5.41, 5.74) is 6.35. The predicted molar refractivity (Wildman–Crippen MR) is 107 cm³/mol. The van der Waals surface area contributed by atoms with Crippen LogP contribution in [0.2, 0.25) is 0 Å². The summed E-state index contributed by atoms with van der Waals surface area (Å²) >= 11 is 1.92. The zero-order valence-corrected chi connectivity index (χ0v) is 14.8. The summed E-state index contributed by atoms with van der Waals surface area (Å²) in [6.07, 6.45) is 0. The van der Waals surface area contributed by atoms with Crippen molar-refractivity contribution >= 4 is 28.4 Å². The minimum atomic E-state index is 0.250. The van der Waals surface area contributed by atoms with Crippen molar-refractivity contribution in [3.63, 3.8) is 0 Å². The fraction of sp³-hybridized carbons (Fsp3) is 0.0909. The molecular formula is C22H18N2S. The number of anilines is 1. The van der Waals surface area contributed by atoms with Gasteiger partial charge in [0.1, 0.15) is 5.37 Å². The third-order valence-electron chi connectivity index (χ3n) is 4.88. The SMILES string of the molecule is CN1c2ccccc2SC1c1[nH]c2ccccc2c1-c1ccccc1. The van der Waals surface area contributed by atoms with Gasteiger partial charge in [-0.05, 0) is 23.8 Å². The van der Waals surface area contributed by atoms with Gasteiger partial charge in [-0.25, -0.2) is 0 Å². The Morgan fingerprint density at radius 3 is 2.40 bits per heavy atom. The standard InChI is InChI=1S/C22H18N2S/c1-24-18-13-7-8-14-19(18)25-22(24)21-20(15-9-3-2-4-10-15)16-11-5-6-12-17(16)23-21/h2-14,22-23H,1H3. The van der Waals surface area contributed by atoms with E-state index in [4.69, 9.17) is 0 Å². The highest BCUT2D eigenvalue weighted by Crippen LogP contribution is 2.52. The second-order valence-electron chi connectivity index (χ2n) is 6.37. The van der Waals surface area contributed by atoms with Crippen molar-refractivity contribution in [2.75, 3.05) is 11.9 Å². The van der Waals surface area contributed by atoms with Gasteiger partial charge >= 0.3 is 0 Å². The second-order valence-corrected chi connectivity index (χ2v) is 7.50. The van der Waals surface area contributed by atoms with E-state index in [-0.39, 0.29) is 5.37 Å². The molecule has 1 aliphatic heterocycles. The van der Waals surface area contributed by atoms with Crippen LogP contribution in [0.3, 0.4) is 0 Å². The minimum absolute atomic E-state index is 0.250. The lowest BCUT2D eigenvalue weighted by Gasteiger charge is -2.22. The van der Waals surface area contributed by atoms with Crippen molar-refractivity contribution in [2.24, 2.45) is 0 Å². The molecule has 1 N–H and O–H groups in total. The third-order valence-corrected chi connectivity index (χ3v) is 6.25. The Kier molecular flexibility index (Phi) is 3.35. The van der Waals surface area contributed by atoms with Crippen LogP contribution in [0.1, 0.15) is 11.1 Å². The Morgan fingerprint density at radius 1 is 0.840 bits per heavy atom. The molecule has 5 rings (SSSR count). The smallest absolute Gasteiger partial charge is 0.121 e. The molecule has 0 fully saturated rings. The number of para-hydroxylation sites is 2. The van der Waals surface area contributed by atoms with Crippen LogP contribution in [0.5, 0.6) is 0 Å².